The molecule has 4 N–H and O–H groups in total. The quantitative estimate of drug-likeness (QED) is 0.685. The summed E-state index contributed by atoms with van der Waals surface area (Å²) in [7, 11) is 0. The van der Waals surface area contributed by atoms with Crippen molar-refractivity contribution >= 4 is 11.8 Å². The van der Waals surface area contributed by atoms with E-state index in [2.05, 4.69) is 15.3 Å². The number of rotatable bonds is 7. The molecule has 0 radical (unpaired) electrons. The maximum Gasteiger partial charge on any atom is 0.240 e. The first kappa shape index (κ1) is 17.2. The molecule has 1 aliphatic heterocycles. The van der Waals surface area contributed by atoms with Gasteiger partial charge in [-0.3, -0.25) is 9.59 Å². The lowest BCUT2D eigenvalue weighted by atomic mass is 10.1. The Morgan fingerprint density at radius 2 is 2.16 bits per heavy atom. The van der Waals surface area contributed by atoms with E-state index in [-0.39, 0.29) is 5.91 Å². The minimum Gasteiger partial charge on any atom is -0.368 e. The molecule has 1 fully saturated rings. The number of amides is 2. The highest BCUT2D eigenvalue weighted by Crippen LogP contribution is 2.19. The summed E-state index contributed by atoms with van der Waals surface area (Å²) in [5, 5.41) is 3.32. The molecule has 0 bridgehead atoms. The number of aromatic amines is 1. The summed E-state index contributed by atoms with van der Waals surface area (Å²) in [5.41, 5.74) is 7.42. The molecule has 2 amide bonds. The number of imidazole rings is 1. The Morgan fingerprint density at radius 1 is 1.36 bits per heavy atom. The summed E-state index contributed by atoms with van der Waals surface area (Å²) in [5.74, 6) is -0.527. The fourth-order valence-corrected chi connectivity index (χ4v) is 3.23. The van der Waals surface area contributed by atoms with Crippen molar-refractivity contribution in [2.24, 2.45) is 5.73 Å². The summed E-state index contributed by atoms with van der Waals surface area (Å²) in [4.78, 5) is 33.3. The van der Waals surface area contributed by atoms with Gasteiger partial charge in [-0.1, -0.05) is 30.3 Å². The Morgan fingerprint density at radius 3 is 2.84 bits per heavy atom. The van der Waals surface area contributed by atoms with Gasteiger partial charge in [0.15, 0.2) is 0 Å². The molecule has 1 aromatic heterocycles. The van der Waals surface area contributed by atoms with Crippen molar-refractivity contribution in [1.82, 2.24) is 20.2 Å². The van der Waals surface area contributed by atoms with E-state index in [4.69, 9.17) is 5.73 Å². The highest BCUT2D eigenvalue weighted by atomic mass is 16.2. The largest absolute Gasteiger partial charge is 0.368 e. The van der Waals surface area contributed by atoms with E-state index in [0.717, 1.165) is 17.7 Å². The van der Waals surface area contributed by atoms with Crippen molar-refractivity contribution in [2.75, 3.05) is 6.54 Å². The summed E-state index contributed by atoms with van der Waals surface area (Å²) < 4.78 is 0. The van der Waals surface area contributed by atoms with Crippen molar-refractivity contribution in [3.8, 4) is 0 Å². The number of carbonyl (C=O) groups excluding carboxylic acids is 2. The van der Waals surface area contributed by atoms with Crippen molar-refractivity contribution in [3.63, 3.8) is 0 Å². The fraction of sp³-hybridized carbons (Fsp3) is 0.389. The van der Waals surface area contributed by atoms with Crippen LogP contribution in [0.1, 0.15) is 24.1 Å². The highest BCUT2D eigenvalue weighted by molar-refractivity contribution is 5.89. The van der Waals surface area contributed by atoms with Gasteiger partial charge in [0.2, 0.25) is 11.8 Å². The average Bonchev–Trinajstić information content (AvgIpc) is 3.30. The zero-order valence-electron chi connectivity index (χ0n) is 14.0. The van der Waals surface area contributed by atoms with Crippen LogP contribution in [0.25, 0.3) is 0 Å². The van der Waals surface area contributed by atoms with Crippen molar-refractivity contribution in [2.45, 2.75) is 37.9 Å². The maximum absolute atomic E-state index is 13.0. The maximum atomic E-state index is 13.0. The van der Waals surface area contributed by atoms with Crippen LogP contribution in [0, 0.1) is 0 Å². The van der Waals surface area contributed by atoms with Crippen LogP contribution in [0.15, 0.2) is 42.9 Å². The van der Waals surface area contributed by atoms with E-state index in [0.29, 0.717) is 25.9 Å². The van der Waals surface area contributed by atoms with Crippen LogP contribution in [0.5, 0.6) is 0 Å². The zero-order valence-corrected chi connectivity index (χ0v) is 14.0. The topological polar surface area (TPSA) is 104 Å². The molecule has 1 aliphatic rings. The third-order valence-electron chi connectivity index (χ3n) is 4.54. The van der Waals surface area contributed by atoms with E-state index in [1.54, 1.807) is 17.4 Å². The highest BCUT2D eigenvalue weighted by Gasteiger charge is 2.36. The third-order valence-corrected chi connectivity index (χ3v) is 4.54. The molecule has 1 aromatic carbocycles. The van der Waals surface area contributed by atoms with Gasteiger partial charge >= 0.3 is 0 Å². The van der Waals surface area contributed by atoms with Crippen LogP contribution in [0.2, 0.25) is 0 Å². The van der Waals surface area contributed by atoms with Crippen molar-refractivity contribution in [3.05, 3.63) is 54.1 Å². The first-order valence-electron chi connectivity index (χ1n) is 8.49. The van der Waals surface area contributed by atoms with Gasteiger partial charge in [0.25, 0.3) is 0 Å². The first-order valence-corrected chi connectivity index (χ1v) is 8.49. The fourth-order valence-electron chi connectivity index (χ4n) is 3.23. The van der Waals surface area contributed by atoms with E-state index in [1.807, 2.05) is 30.3 Å². The third kappa shape index (κ3) is 4.24. The summed E-state index contributed by atoms with van der Waals surface area (Å²) in [6.07, 6.45) is 5.22. The standard InChI is InChI=1S/C18H23N5O2/c19-17(24)16-7-4-8-23(16)18(25)15(9-14-11-20-12-22-14)21-10-13-5-2-1-3-6-13/h1-3,5-6,11-12,15-16,21H,4,7-10H2,(H2,19,24)(H,20,22)/t15-,16-/m0/s1. The number of nitrogens with one attached hydrogen (secondary N) is 2. The minimum atomic E-state index is -0.504. The van der Waals surface area contributed by atoms with Crippen LogP contribution in [0.3, 0.4) is 0 Å². The molecular weight excluding hydrogens is 318 g/mol. The number of nitrogens with zero attached hydrogens (tertiary/aromatic N) is 2. The second-order valence-electron chi connectivity index (χ2n) is 6.29. The van der Waals surface area contributed by atoms with Gasteiger partial charge in [0.1, 0.15) is 6.04 Å². The SMILES string of the molecule is NC(=O)[C@@H]1CCCN1C(=O)[C@H](Cc1cnc[nH]1)NCc1ccccc1. The lowest BCUT2D eigenvalue weighted by Crippen LogP contribution is -2.52. The Balaban J connectivity index is 1.73. The monoisotopic (exact) mass is 341 g/mol. The lowest BCUT2D eigenvalue weighted by Gasteiger charge is -2.27. The van der Waals surface area contributed by atoms with E-state index in [1.165, 1.54) is 0 Å². The number of nitrogens with two attached hydrogens (primary N) is 1. The Bertz CT molecular complexity index is 702. The Labute approximate surface area is 146 Å². The van der Waals surface area contributed by atoms with Crippen LogP contribution in [0.4, 0.5) is 0 Å². The summed E-state index contributed by atoms with van der Waals surface area (Å²) in [6, 6.07) is 8.95. The van der Waals surface area contributed by atoms with E-state index >= 15 is 0 Å². The normalized spacial score (nSPS) is 18.2. The zero-order chi connectivity index (χ0) is 17.6. The summed E-state index contributed by atoms with van der Waals surface area (Å²) in [6.45, 7) is 1.14. The van der Waals surface area contributed by atoms with E-state index < -0.39 is 18.0 Å². The average molecular weight is 341 g/mol. The summed E-state index contributed by atoms with van der Waals surface area (Å²) >= 11 is 0. The lowest BCUT2D eigenvalue weighted by molar-refractivity contribution is -0.139. The number of H-pyrrole nitrogens is 1. The van der Waals surface area contributed by atoms with Crippen LogP contribution in [-0.4, -0.2) is 45.3 Å². The molecule has 2 atom stereocenters. The number of likely N-dealkylation sites (tertiary alicyclic amines) is 1. The van der Waals surface area contributed by atoms with Gasteiger partial charge in [0.05, 0.1) is 12.4 Å². The Hall–Kier alpha value is -2.67. The number of hydrogen-bond donors (Lipinski definition) is 3. The van der Waals surface area contributed by atoms with Gasteiger partial charge in [0, 0.05) is 31.4 Å². The second-order valence-corrected chi connectivity index (χ2v) is 6.29. The number of benzene rings is 1. The number of aromatic nitrogens is 2. The van der Waals surface area contributed by atoms with Gasteiger partial charge in [-0.25, -0.2) is 4.98 Å². The molecule has 3 rings (SSSR count). The van der Waals surface area contributed by atoms with Crippen molar-refractivity contribution in [1.29, 1.82) is 0 Å². The number of primary amides is 1. The minimum absolute atomic E-state index is 0.0909. The molecule has 132 valence electrons. The van der Waals surface area contributed by atoms with Crippen molar-refractivity contribution < 1.29 is 9.59 Å². The van der Waals surface area contributed by atoms with Gasteiger partial charge < -0.3 is 20.9 Å². The molecule has 25 heavy (non-hydrogen) atoms. The predicted molar refractivity (Wildman–Crippen MR) is 93.3 cm³/mol. The molecule has 7 heteroatoms. The predicted octanol–water partition coefficient (Wildman–Crippen LogP) is 0.587. The molecule has 0 spiro atoms. The van der Waals surface area contributed by atoms with Gasteiger partial charge in [-0.05, 0) is 18.4 Å². The van der Waals surface area contributed by atoms with Gasteiger partial charge in [-0.15, -0.1) is 0 Å². The molecule has 0 unspecified atom stereocenters. The molecule has 0 saturated carbocycles. The number of carbonyl (C=O) groups is 2. The molecular formula is C18H23N5O2. The van der Waals surface area contributed by atoms with Crippen LogP contribution < -0.4 is 11.1 Å². The second kappa shape index (κ2) is 7.94. The molecule has 1 saturated heterocycles. The number of hydrogen-bond acceptors (Lipinski definition) is 4. The van der Waals surface area contributed by atoms with E-state index in [9.17, 15) is 9.59 Å². The molecule has 0 aliphatic carbocycles. The molecule has 2 aromatic rings. The Kier molecular flexibility index (Phi) is 5.45. The van der Waals surface area contributed by atoms with Crippen LogP contribution in [-0.2, 0) is 22.6 Å². The van der Waals surface area contributed by atoms with Gasteiger partial charge in [-0.2, -0.15) is 0 Å². The smallest absolute Gasteiger partial charge is 0.240 e. The molecule has 7 nitrogen and oxygen atoms in total. The molecule has 2 heterocycles. The first-order chi connectivity index (χ1) is 12.1. The van der Waals surface area contributed by atoms with Crippen LogP contribution >= 0.6 is 0 Å².